The summed E-state index contributed by atoms with van der Waals surface area (Å²) in [5.41, 5.74) is 2.84. The Hall–Kier alpha value is -1.02. The Morgan fingerprint density at radius 1 is 1.29 bits per heavy atom. The zero-order valence-corrected chi connectivity index (χ0v) is 14.4. The maximum atomic E-state index is 3.73. The standard InChI is InChI=1S/C19H32N2/c1-6-11-20-19-10-12-21(16(5)15(19)4)18-9-7-8-17(13-18)14(2)3/h7-9,13-16,19-20H,6,10-12H2,1-5H3. The van der Waals surface area contributed by atoms with Gasteiger partial charge in [-0.2, -0.15) is 0 Å². The molecule has 3 unspecified atom stereocenters. The van der Waals surface area contributed by atoms with Gasteiger partial charge in [-0.1, -0.05) is 39.8 Å². The van der Waals surface area contributed by atoms with Crippen molar-refractivity contribution in [3.63, 3.8) is 0 Å². The number of nitrogens with one attached hydrogen (secondary N) is 1. The van der Waals surface area contributed by atoms with Gasteiger partial charge in [0.25, 0.3) is 0 Å². The molecule has 1 aromatic rings. The van der Waals surface area contributed by atoms with Crippen molar-refractivity contribution >= 4 is 5.69 Å². The number of nitrogens with zero attached hydrogens (tertiary/aromatic N) is 1. The van der Waals surface area contributed by atoms with Gasteiger partial charge in [-0.3, -0.25) is 0 Å². The van der Waals surface area contributed by atoms with Gasteiger partial charge >= 0.3 is 0 Å². The predicted molar refractivity (Wildman–Crippen MR) is 93.2 cm³/mol. The second kappa shape index (κ2) is 7.31. The monoisotopic (exact) mass is 288 g/mol. The molecule has 2 heteroatoms. The van der Waals surface area contributed by atoms with Crippen LogP contribution in [0.4, 0.5) is 5.69 Å². The number of anilines is 1. The summed E-state index contributed by atoms with van der Waals surface area (Å²) in [5.74, 6) is 1.29. The minimum atomic E-state index is 0.593. The number of hydrogen-bond acceptors (Lipinski definition) is 2. The van der Waals surface area contributed by atoms with Gasteiger partial charge in [0.15, 0.2) is 0 Å². The largest absolute Gasteiger partial charge is 0.368 e. The number of piperidine rings is 1. The fourth-order valence-electron chi connectivity index (χ4n) is 3.41. The topological polar surface area (TPSA) is 15.3 Å². The Morgan fingerprint density at radius 3 is 2.71 bits per heavy atom. The second-order valence-corrected chi connectivity index (χ2v) is 6.89. The van der Waals surface area contributed by atoms with Crippen LogP contribution in [0.15, 0.2) is 24.3 Å². The van der Waals surface area contributed by atoms with E-state index in [1.54, 1.807) is 0 Å². The predicted octanol–water partition coefficient (Wildman–Crippen LogP) is 4.41. The van der Waals surface area contributed by atoms with Gasteiger partial charge in [-0.05, 0) is 55.8 Å². The van der Waals surface area contributed by atoms with Crippen LogP contribution in [0.5, 0.6) is 0 Å². The van der Waals surface area contributed by atoms with Crippen LogP contribution in [0, 0.1) is 5.92 Å². The molecule has 1 heterocycles. The third-order valence-corrected chi connectivity index (χ3v) is 5.09. The highest BCUT2D eigenvalue weighted by molar-refractivity contribution is 5.50. The highest BCUT2D eigenvalue weighted by Crippen LogP contribution is 2.30. The van der Waals surface area contributed by atoms with Gasteiger partial charge in [0, 0.05) is 24.3 Å². The van der Waals surface area contributed by atoms with Crippen LogP contribution in [-0.2, 0) is 0 Å². The van der Waals surface area contributed by atoms with Crippen LogP contribution in [0.3, 0.4) is 0 Å². The van der Waals surface area contributed by atoms with Crippen molar-refractivity contribution in [3.8, 4) is 0 Å². The first kappa shape index (κ1) is 16.4. The molecule has 1 saturated heterocycles. The summed E-state index contributed by atoms with van der Waals surface area (Å²) in [6.07, 6.45) is 2.47. The zero-order valence-electron chi connectivity index (χ0n) is 14.4. The van der Waals surface area contributed by atoms with E-state index in [0.29, 0.717) is 23.9 Å². The average Bonchev–Trinajstić information content (AvgIpc) is 2.49. The van der Waals surface area contributed by atoms with Gasteiger partial charge in [-0.25, -0.2) is 0 Å². The molecule has 0 saturated carbocycles. The van der Waals surface area contributed by atoms with E-state index in [-0.39, 0.29) is 0 Å². The van der Waals surface area contributed by atoms with Gasteiger partial charge in [0.2, 0.25) is 0 Å². The van der Waals surface area contributed by atoms with E-state index in [0.717, 1.165) is 13.1 Å². The summed E-state index contributed by atoms with van der Waals surface area (Å²) in [7, 11) is 0. The van der Waals surface area contributed by atoms with Crippen LogP contribution in [0.2, 0.25) is 0 Å². The lowest BCUT2D eigenvalue weighted by Gasteiger charge is -2.44. The lowest BCUT2D eigenvalue weighted by Crippen LogP contribution is -2.53. The van der Waals surface area contributed by atoms with Crippen molar-refractivity contribution in [2.45, 2.75) is 65.5 Å². The minimum Gasteiger partial charge on any atom is -0.368 e. The van der Waals surface area contributed by atoms with Gasteiger partial charge < -0.3 is 10.2 Å². The Kier molecular flexibility index (Phi) is 5.69. The maximum absolute atomic E-state index is 3.73. The van der Waals surface area contributed by atoms with Crippen molar-refractivity contribution in [3.05, 3.63) is 29.8 Å². The van der Waals surface area contributed by atoms with Crippen molar-refractivity contribution in [1.29, 1.82) is 0 Å². The Labute approximate surface area is 130 Å². The average molecular weight is 288 g/mol. The van der Waals surface area contributed by atoms with Gasteiger partial charge in [0.1, 0.15) is 0 Å². The molecule has 1 aliphatic rings. The van der Waals surface area contributed by atoms with E-state index in [1.165, 1.54) is 24.1 Å². The molecule has 118 valence electrons. The molecule has 2 nitrogen and oxygen atoms in total. The third kappa shape index (κ3) is 3.79. The van der Waals surface area contributed by atoms with Crippen molar-refractivity contribution in [1.82, 2.24) is 5.32 Å². The molecule has 0 aromatic heterocycles. The van der Waals surface area contributed by atoms with E-state index in [2.05, 4.69) is 69.1 Å². The quantitative estimate of drug-likeness (QED) is 0.863. The smallest absolute Gasteiger partial charge is 0.0371 e. The highest BCUT2D eigenvalue weighted by Gasteiger charge is 2.32. The third-order valence-electron chi connectivity index (χ3n) is 5.09. The van der Waals surface area contributed by atoms with Crippen LogP contribution >= 0.6 is 0 Å². The Balaban J connectivity index is 2.10. The molecule has 1 aliphatic heterocycles. The summed E-state index contributed by atoms with van der Waals surface area (Å²) >= 11 is 0. The zero-order chi connectivity index (χ0) is 15.4. The Bertz CT molecular complexity index is 441. The molecule has 0 radical (unpaired) electrons. The summed E-state index contributed by atoms with van der Waals surface area (Å²) in [5, 5.41) is 3.73. The van der Waals surface area contributed by atoms with Crippen molar-refractivity contribution in [2.75, 3.05) is 18.0 Å². The summed E-state index contributed by atoms with van der Waals surface area (Å²) in [6.45, 7) is 13.9. The molecule has 0 amide bonds. The maximum Gasteiger partial charge on any atom is 0.0371 e. The first-order valence-electron chi connectivity index (χ1n) is 8.64. The molecule has 0 spiro atoms. The molecule has 2 rings (SSSR count). The first-order chi connectivity index (χ1) is 10.0. The van der Waals surface area contributed by atoms with E-state index < -0.39 is 0 Å². The van der Waals surface area contributed by atoms with Gasteiger partial charge in [-0.15, -0.1) is 0 Å². The van der Waals surface area contributed by atoms with Crippen LogP contribution in [0.1, 0.15) is 58.9 Å². The molecule has 0 bridgehead atoms. The number of benzene rings is 1. The molecule has 21 heavy (non-hydrogen) atoms. The van der Waals surface area contributed by atoms with E-state index >= 15 is 0 Å². The lowest BCUT2D eigenvalue weighted by atomic mass is 9.86. The lowest BCUT2D eigenvalue weighted by molar-refractivity contribution is 0.271. The van der Waals surface area contributed by atoms with Crippen LogP contribution < -0.4 is 10.2 Å². The van der Waals surface area contributed by atoms with Crippen molar-refractivity contribution < 1.29 is 0 Å². The molecule has 1 aromatic carbocycles. The highest BCUT2D eigenvalue weighted by atomic mass is 15.2. The van der Waals surface area contributed by atoms with E-state index in [1.807, 2.05) is 0 Å². The number of hydrogen-bond donors (Lipinski definition) is 1. The molecule has 0 aliphatic carbocycles. The molecule has 3 atom stereocenters. The van der Waals surface area contributed by atoms with Crippen LogP contribution in [0.25, 0.3) is 0 Å². The SMILES string of the molecule is CCCNC1CCN(c2cccc(C(C)C)c2)C(C)C1C. The summed E-state index contributed by atoms with van der Waals surface area (Å²) in [6, 6.07) is 10.4. The van der Waals surface area contributed by atoms with Crippen LogP contribution in [-0.4, -0.2) is 25.2 Å². The fourth-order valence-corrected chi connectivity index (χ4v) is 3.41. The molecular formula is C19H32N2. The summed E-state index contributed by atoms with van der Waals surface area (Å²) < 4.78 is 0. The number of rotatable bonds is 5. The normalized spacial score (nSPS) is 26.4. The fraction of sp³-hybridized carbons (Fsp3) is 0.684. The summed E-state index contributed by atoms with van der Waals surface area (Å²) in [4.78, 5) is 2.60. The Morgan fingerprint density at radius 2 is 2.05 bits per heavy atom. The second-order valence-electron chi connectivity index (χ2n) is 6.89. The molecule has 1 fully saturated rings. The van der Waals surface area contributed by atoms with E-state index in [4.69, 9.17) is 0 Å². The first-order valence-corrected chi connectivity index (χ1v) is 8.64. The minimum absolute atomic E-state index is 0.593. The molecular weight excluding hydrogens is 256 g/mol. The van der Waals surface area contributed by atoms with Crippen molar-refractivity contribution in [2.24, 2.45) is 5.92 Å². The molecule has 1 N–H and O–H groups in total. The van der Waals surface area contributed by atoms with E-state index in [9.17, 15) is 0 Å². The van der Waals surface area contributed by atoms with Gasteiger partial charge in [0.05, 0.1) is 0 Å².